The molecule has 0 saturated heterocycles. The van der Waals surface area contributed by atoms with Crippen LogP contribution < -0.4 is 0 Å². The molecular formula is C48H26N2O2. The number of hydrogen-bond donors (Lipinski definition) is 0. The first-order valence-corrected chi connectivity index (χ1v) is 17.8. The summed E-state index contributed by atoms with van der Waals surface area (Å²) < 4.78 is 18.2. The van der Waals surface area contributed by atoms with Crippen LogP contribution in [-0.4, -0.2) is 8.97 Å². The molecule has 52 heavy (non-hydrogen) atoms. The summed E-state index contributed by atoms with van der Waals surface area (Å²) in [5.41, 5.74) is 12.9. The second-order valence-electron chi connectivity index (χ2n) is 14.0. The van der Waals surface area contributed by atoms with E-state index in [4.69, 9.17) is 8.83 Å². The summed E-state index contributed by atoms with van der Waals surface area (Å²) in [6, 6.07) is 56.6. The quantitative estimate of drug-likeness (QED) is 0.185. The van der Waals surface area contributed by atoms with E-state index >= 15 is 0 Å². The van der Waals surface area contributed by atoms with E-state index in [0.29, 0.717) is 0 Å². The van der Waals surface area contributed by atoms with E-state index in [2.05, 4.69) is 155 Å². The molecule has 0 spiro atoms. The molecule has 5 heterocycles. The monoisotopic (exact) mass is 662 g/mol. The number of furan rings is 2. The van der Waals surface area contributed by atoms with Crippen molar-refractivity contribution in [2.75, 3.05) is 0 Å². The Hall–Kier alpha value is -7.04. The second-order valence-corrected chi connectivity index (χ2v) is 14.0. The largest absolute Gasteiger partial charge is 0.455 e. The van der Waals surface area contributed by atoms with Gasteiger partial charge in [0.1, 0.15) is 16.7 Å². The molecule has 0 atom stereocenters. The van der Waals surface area contributed by atoms with Crippen LogP contribution in [0.1, 0.15) is 0 Å². The topological polar surface area (TPSA) is 35.6 Å². The van der Waals surface area contributed by atoms with E-state index in [-0.39, 0.29) is 0 Å². The predicted molar refractivity (Wildman–Crippen MR) is 215 cm³/mol. The fourth-order valence-electron chi connectivity index (χ4n) is 9.40. The van der Waals surface area contributed by atoms with Crippen LogP contribution in [0, 0.1) is 0 Å². The highest BCUT2D eigenvalue weighted by Crippen LogP contribution is 2.49. The Kier molecular flexibility index (Phi) is 4.83. The van der Waals surface area contributed by atoms with Crippen molar-refractivity contribution in [2.45, 2.75) is 0 Å². The molecule has 4 nitrogen and oxygen atoms in total. The van der Waals surface area contributed by atoms with E-state index in [1.165, 1.54) is 54.4 Å². The van der Waals surface area contributed by atoms with Crippen molar-refractivity contribution in [1.29, 1.82) is 0 Å². The van der Waals surface area contributed by atoms with Gasteiger partial charge in [0.2, 0.25) is 0 Å². The van der Waals surface area contributed by atoms with Gasteiger partial charge in [0.25, 0.3) is 0 Å². The third-order valence-electron chi connectivity index (χ3n) is 11.5. The molecule has 13 aromatic rings. The van der Waals surface area contributed by atoms with Gasteiger partial charge in [0.05, 0.1) is 33.3 Å². The number of hydrogen-bond acceptors (Lipinski definition) is 2. The number of aromatic nitrogens is 2. The predicted octanol–water partition coefficient (Wildman–Crippen LogP) is 13.4. The molecule has 4 heteroatoms. The number of nitrogens with zero attached hydrogens (tertiary/aromatic N) is 2. The van der Waals surface area contributed by atoms with Crippen LogP contribution >= 0.6 is 0 Å². The average molecular weight is 663 g/mol. The molecule has 5 aromatic heterocycles. The lowest BCUT2D eigenvalue weighted by Gasteiger charge is -2.09. The molecule has 0 aliphatic rings. The number of para-hydroxylation sites is 6. The van der Waals surface area contributed by atoms with Crippen molar-refractivity contribution in [1.82, 2.24) is 8.97 Å². The zero-order valence-corrected chi connectivity index (χ0v) is 27.7. The van der Waals surface area contributed by atoms with Crippen LogP contribution in [0.4, 0.5) is 0 Å². The first-order chi connectivity index (χ1) is 25.8. The Morgan fingerprint density at radius 1 is 0.327 bits per heavy atom. The van der Waals surface area contributed by atoms with Gasteiger partial charge >= 0.3 is 0 Å². The van der Waals surface area contributed by atoms with E-state index in [9.17, 15) is 0 Å². The number of rotatable bonds is 2. The zero-order valence-electron chi connectivity index (χ0n) is 27.7. The first-order valence-electron chi connectivity index (χ1n) is 17.8. The van der Waals surface area contributed by atoms with E-state index in [1.54, 1.807) is 0 Å². The molecule has 0 saturated carbocycles. The minimum atomic E-state index is 0.892. The Morgan fingerprint density at radius 3 is 1.75 bits per heavy atom. The lowest BCUT2D eigenvalue weighted by molar-refractivity contribution is 0.666. The van der Waals surface area contributed by atoms with Crippen molar-refractivity contribution in [3.8, 4) is 16.8 Å². The van der Waals surface area contributed by atoms with Crippen molar-refractivity contribution < 1.29 is 8.83 Å². The minimum absolute atomic E-state index is 0.892. The molecule has 0 aliphatic carbocycles. The van der Waals surface area contributed by atoms with Gasteiger partial charge in [-0.15, -0.1) is 0 Å². The van der Waals surface area contributed by atoms with Gasteiger partial charge in [-0.05, 0) is 48.0 Å². The van der Waals surface area contributed by atoms with Crippen molar-refractivity contribution in [2.24, 2.45) is 0 Å². The third kappa shape index (κ3) is 3.15. The summed E-state index contributed by atoms with van der Waals surface area (Å²) in [7, 11) is 0. The van der Waals surface area contributed by atoms with Gasteiger partial charge in [0.15, 0.2) is 5.58 Å². The fourth-order valence-corrected chi connectivity index (χ4v) is 9.40. The average Bonchev–Trinajstić information content (AvgIpc) is 4.00. The van der Waals surface area contributed by atoms with E-state index in [0.717, 1.165) is 66.2 Å². The maximum atomic E-state index is 6.68. The highest BCUT2D eigenvalue weighted by molar-refractivity contribution is 6.36. The highest BCUT2D eigenvalue weighted by Gasteiger charge is 2.26. The smallest absolute Gasteiger partial charge is 0.159 e. The summed E-state index contributed by atoms with van der Waals surface area (Å²) in [4.78, 5) is 0. The van der Waals surface area contributed by atoms with Crippen LogP contribution in [0.3, 0.4) is 0 Å². The second kappa shape index (κ2) is 9.39. The summed E-state index contributed by atoms with van der Waals surface area (Å²) in [5, 5.41) is 12.0. The molecule has 8 aromatic carbocycles. The number of benzene rings is 8. The molecule has 0 aliphatic heterocycles. The van der Waals surface area contributed by atoms with Crippen LogP contribution in [0.5, 0.6) is 0 Å². The molecule has 0 bridgehead atoms. The van der Waals surface area contributed by atoms with Crippen LogP contribution in [0.2, 0.25) is 0 Å². The Labute approximate surface area is 295 Å². The summed E-state index contributed by atoms with van der Waals surface area (Å²) >= 11 is 0. The molecule has 13 rings (SSSR count). The molecule has 0 amide bonds. The Balaban J connectivity index is 1.25. The highest BCUT2D eigenvalue weighted by atomic mass is 16.3. The molecular weight excluding hydrogens is 637 g/mol. The normalized spacial score (nSPS) is 12.6. The lowest BCUT2D eigenvalue weighted by Crippen LogP contribution is -1.94. The standard InChI is InChI=1S/C48H26N2O2/c1-5-18-36-27(11-1)31-24-23-30(34-16-9-15-32-28-12-3-7-21-41(28)51-47(32)34)44-45-39(50(36)46(31)44)26-25-38-43(45)35-14-2-6-19-37(35)49(38)40-20-10-17-33-29-13-4-8-22-42(29)52-48(33)40/h1-26H. The number of fused-ring (bicyclic) bond motifs is 16. The Bertz CT molecular complexity index is 3650. The molecule has 0 radical (unpaired) electrons. The summed E-state index contributed by atoms with van der Waals surface area (Å²) in [5.74, 6) is 0. The van der Waals surface area contributed by atoms with Crippen LogP contribution in [0.25, 0.3) is 121 Å². The van der Waals surface area contributed by atoms with Gasteiger partial charge in [-0.1, -0.05) is 115 Å². The van der Waals surface area contributed by atoms with Gasteiger partial charge in [-0.3, -0.25) is 0 Å². The van der Waals surface area contributed by atoms with E-state index in [1.807, 2.05) is 12.1 Å². The molecule has 0 N–H and O–H groups in total. The van der Waals surface area contributed by atoms with Gasteiger partial charge in [-0.25, -0.2) is 0 Å². The molecule has 240 valence electrons. The third-order valence-corrected chi connectivity index (χ3v) is 11.5. The molecule has 0 unspecified atom stereocenters. The van der Waals surface area contributed by atoms with Crippen LogP contribution in [0.15, 0.2) is 167 Å². The first kappa shape index (κ1) is 26.8. The van der Waals surface area contributed by atoms with Crippen molar-refractivity contribution >= 4 is 104 Å². The lowest BCUT2D eigenvalue weighted by atomic mass is 9.94. The zero-order chi connectivity index (χ0) is 33.7. The minimum Gasteiger partial charge on any atom is -0.455 e. The van der Waals surface area contributed by atoms with Gasteiger partial charge in [-0.2, -0.15) is 0 Å². The maximum Gasteiger partial charge on any atom is 0.159 e. The Morgan fingerprint density at radius 2 is 0.942 bits per heavy atom. The van der Waals surface area contributed by atoms with Crippen molar-refractivity contribution in [3.05, 3.63) is 158 Å². The molecule has 0 fully saturated rings. The SMILES string of the molecule is c1ccc2c(c1)oc1c(-c3ccc4c5ccccc5n5c6ccc7c(c8ccccc8n7-c7cccc8c7oc7ccccc78)c6c3c45)cccc12. The van der Waals surface area contributed by atoms with Gasteiger partial charge in [0, 0.05) is 59.4 Å². The van der Waals surface area contributed by atoms with Gasteiger partial charge < -0.3 is 17.8 Å². The van der Waals surface area contributed by atoms with Crippen LogP contribution in [-0.2, 0) is 0 Å². The maximum absolute atomic E-state index is 6.68. The summed E-state index contributed by atoms with van der Waals surface area (Å²) in [6.45, 7) is 0. The summed E-state index contributed by atoms with van der Waals surface area (Å²) in [6.07, 6.45) is 0. The van der Waals surface area contributed by atoms with Crippen molar-refractivity contribution in [3.63, 3.8) is 0 Å². The van der Waals surface area contributed by atoms with E-state index < -0.39 is 0 Å². The fraction of sp³-hybridized carbons (Fsp3) is 0.